The van der Waals surface area contributed by atoms with E-state index < -0.39 is 11.0 Å². The van der Waals surface area contributed by atoms with Crippen LogP contribution in [0.25, 0.3) is 0 Å². The van der Waals surface area contributed by atoms with Crippen LogP contribution in [0.4, 0.5) is 4.79 Å². The zero-order valence-electron chi connectivity index (χ0n) is 16.5. The van der Waals surface area contributed by atoms with Crippen LogP contribution in [-0.2, 0) is 14.3 Å². The Bertz CT molecular complexity index is 591. The van der Waals surface area contributed by atoms with Gasteiger partial charge < -0.3 is 14.5 Å². The topological polar surface area (TPSA) is 66.9 Å². The number of carbonyl (C=O) groups is 3. The average Bonchev–Trinajstić information content (AvgIpc) is 3.24. The van der Waals surface area contributed by atoms with E-state index in [4.69, 9.17) is 4.74 Å². The van der Waals surface area contributed by atoms with Crippen LogP contribution in [0.5, 0.6) is 0 Å². The van der Waals surface area contributed by atoms with Crippen LogP contribution in [0, 0.1) is 11.3 Å². The summed E-state index contributed by atoms with van der Waals surface area (Å²) in [4.78, 5) is 41.5. The molecule has 1 spiro atoms. The predicted octanol–water partition coefficient (Wildman–Crippen LogP) is 2.99. The van der Waals surface area contributed by atoms with E-state index in [-0.39, 0.29) is 23.8 Å². The molecule has 0 aromatic carbocycles. The Balaban J connectivity index is 1.70. The third kappa shape index (κ3) is 3.60. The van der Waals surface area contributed by atoms with Gasteiger partial charge in [0.25, 0.3) is 0 Å². The highest BCUT2D eigenvalue weighted by atomic mass is 16.6. The van der Waals surface area contributed by atoms with Gasteiger partial charge in [-0.25, -0.2) is 4.79 Å². The van der Waals surface area contributed by atoms with Gasteiger partial charge in [-0.05, 0) is 59.3 Å². The van der Waals surface area contributed by atoms with E-state index in [0.717, 1.165) is 32.1 Å². The van der Waals surface area contributed by atoms with Gasteiger partial charge in [0, 0.05) is 19.6 Å². The number of carbonyl (C=O) groups excluding carboxylic acids is 3. The maximum atomic E-state index is 13.3. The van der Waals surface area contributed by atoms with Crippen LogP contribution in [0.2, 0.25) is 0 Å². The van der Waals surface area contributed by atoms with E-state index in [1.54, 1.807) is 11.8 Å². The molecule has 0 aromatic heterocycles. The minimum atomic E-state index is -0.541. The standard InChI is InChI=1S/C20H32N2O4/c1-14(23)16(15-7-5-6-8-15)22-12-10-20(17(22)24)9-11-21(13-20)18(25)26-19(2,3)4/h15-16H,5-13H2,1-4H3/t16-,20-/m1/s1. The molecule has 0 radical (unpaired) electrons. The first-order valence-electron chi connectivity index (χ1n) is 9.92. The van der Waals surface area contributed by atoms with E-state index in [2.05, 4.69) is 0 Å². The summed E-state index contributed by atoms with van der Waals surface area (Å²) in [6, 6.07) is -0.278. The predicted molar refractivity (Wildman–Crippen MR) is 97.6 cm³/mol. The highest BCUT2D eigenvalue weighted by Gasteiger charge is 2.54. The molecule has 1 saturated carbocycles. The Kier molecular flexibility index (Phi) is 5.06. The SMILES string of the molecule is CC(=O)[C@H](C1CCCC1)N1CC[C@@]2(CCN(C(=O)OC(C)(C)C)C2)C1=O. The Morgan fingerprint density at radius 3 is 2.35 bits per heavy atom. The third-order valence-corrected chi connectivity index (χ3v) is 6.15. The number of amides is 2. The van der Waals surface area contributed by atoms with E-state index in [9.17, 15) is 14.4 Å². The highest BCUT2D eigenvalue weighted by molar-refractivity contribution is 5.92. The molecule has 6 heteroatoms. The van der Waals surface area contributed by atoms with Gasteiger partial charge in [0.05, 0.1) is 11.5 Å². The van der Waals surface area contributed by atoms with Gasteiger partial charge in [0.1, 0.15) is 5.60 Å². The smallest absolute Gasteiger partial charge is 0.410 e. The molecular weight excluding hydrogens is 332 g/mol. The van der Waals surface area contributed by atoms with Crippen LogP contribution < -0.4 is 0 Å². The second kappa shape index (κ2) is 6.86. The molecule has 3 aliphatic rings. The Labute approximate surface area is 156 Å². The average molecular weight is 364 g/mol. The van der Waals surface area contributed by atoms with Crippen LogP contribution in [-0.4, -0.2) is 58.9 Å². The summed E-state index contributed by atoms with van der Waals surface area (Å²) in [6.45, 7) is 8.73. The Morgan fingerprint density at radius 1 is 1.15 bits per heavy atom. The van der Waals surface area contributed by atoms with Crippen molar-refractivity contribution in [2.75, 3.05) is 19.6 Å². The number of likely N-dealkylation sites (tertiary alicyclic amines) is 2. The molecule has 2 aliphatic heterocycles. The third-order valence-electron chi connectivity index (χ3n) is 6.15. The maximum absolute atomic E-state index is 13.3. The fourth-order valence-corrected chi connectivity index (χ4v) is 4.93. The van der Waals surface area contributed by atoms with Crippen molar-refractivity contribution in [2.24, 2.45) is 11.3 Å². The van der Waals surface area contributed by atoms with E-state index in [1.165, 1.54) is 0 Å². The first-order valence-corrected chi connectivity index (χ1v) is 9.92. The van der Waals surface area contributed by atoms with Gasteiger partial charge in [-0.15, -0.1) is 0 Å². The van der Waals surface area contributed by atoms with Crippen LogP contribution in [0.3, 0.4) is 0 Å². The van der Waals surface area contributed by atoms with Gasteiger partial charge >= 0.3 is 6.09 Å². The molecule has 1 aliphatic carbocycles. The molecule has 2 atom stereocenters. The lowest BCUT2D eigenvalue weighted by molar-refractivity contribution is -0.142. The van der Waals surface area contributed by atoms with E-state index in [0.29, 0.717) is 32.0 Å². The highest BCUT2D eigenvalue weighted by Crippen LogP contribution is 2.44. The molecule has 3 fully saturated rings. The monoisotopic (exact) mass is 364 g/mol. The molecule has 2 saturated heterocycles. The maximum Gasteiger partial charge on any atom is 0.410 e. The summed E-state index contributed by atoms with van der Waals surface area (Å²) in [5, 5.41) is 0. The van der Waals surface area contributed by atoms with Crippen molar-refractivity contribution < 1.29 is 19.1 Å². The lowest BCUT2D eigenvalue weighted by Gasteiger charge is -2.32. The normalized spacial score (nSPS) is 28.2. The number of hydrogen-bond acceptors (Lipinski definition) is 4. The van der Waals surface area contributed by atoms with Gasteiger partial charge in [0.15, 0.2) is 5.78 Å². The summed E-state index contributed by atoms with van der Waals surface area (Å²) >= 11 is 0. The Morgan fingerprint density at radius 2 is 1.77 bits per heavy atom. The summed E-state index contributed by atoms with van der Waals surface area (Å²) in [5.74, 6) is 0.468. The molecule has 0 aromatic rings. The van der Waals surface area contributed by atoms with Crippen molar-refractivity contribution in [1.29, 1.82) is 0 Å². The van der Waals surface area contributed by atoms with Crippen LogP contribution in [0.15, 0.2) is 0 Å². The molecule has 0 bridgehead atoms. The molecule has 0 N–H and O–H groups in total. The Hall–Kier alpha value is -1.59. The van der Waals surface area contributed by atoms with Crippen molar-refractivity contribution in [2.45, 2.75) is 77.9 Å². The van der Waals surface area contributed by atoms with Crippen molar-refractivity contribution in [3.05, 3.63) is 0 Å². The molecule has 2 heterocycles. The first kappa shape index (κ1) is 19.2. The van der Waals surface area contributed by atoms with Crippen LogP contribution in [0.1, 0.15) is 66.2 Å². The minimum Gasteiger partial charge on any atom is -0.444 e. The van der Waals surface area contributed by atoms with Crippen molar-refractivity contribution in [1.82, 2.24) is 9.80 Å². The molecule has 2 amide bonds. The van der Waals surface area contributed by atoms with Crippen molar-refractivity contribution in [3.8, 4) is 0 Å². The zero-order valence-corrected chi connectivity index (χ0v) is 16.5. The first-order chi connectivity index (χ1) is 12.1. The minimum absolute atomic E-state index is 0.0654. The number of nitrogens with zero attached hydrogens (tertiary/aromatic N) is 2. The summed E-state index contributed by atoms with van der Waals surface area (Å²) in [6.07, 6.45) is 5.40. The zero-order chi connectivity index (χ0) is 19.1. The molecular formula is C20H32N2O4. The number of hydrogen-bond donors (Lipinski definition) is 0. The number of ether oxygens (including phenoxy) is 1. The van der Waals surface area contributed by atoms with E-state index >= 15 is 0 Å². The largest absolute Gasteiger partial charge is 0.444 e. The number of ketones is 1. The summed E-state index contributed by atoms with van der Waals surface area (Å²) < 4.78 is 5.46. The second-order valence-corrected chi connectivity index (χ2v) is 9.28. The molecule has 3 rings (SSSR count). The van der Waals surface area contributed by atoms with Gasteiger partial charge in [-0.1, -0.05) is 12.8 Å². The van der Waals surface area contributed by atoms with Crippen molar-refractivity contribution in [3.63, 3.8) is 0 Å². The van der Waals surface area contributed by atoms with Gasteiger partial charge in [-0.2, -0.15) is 0 Å². The number of rotatable bonds is 3. The lowest BCUT2D eigenvalue weighted by atomic mass is 9.85. The molecule has 0 unspecified atom stereocenters. The number of Topliss-reactive ketones (excluding diaryl/α,β-unsaturated/α-hetero) is 1. The lowest BCUT2D eigenvalue weighted by Crippen LogP contribution is -2.48. The quantitative estimate of drug-likeness (QED) is 0.772. The molecule has 26 heavy (non-hydrogen) atoms. The molecule has 6 nitrogen and oxygen atoms in total. The molecule has 146 valence electrons. The van der Waals surface area contributed by atoms with E-state index in [1.807, 2.05) is 25.7 Å². The van der Waals surface area contributed by atoms with Crippen molar-refractivity contribution >= 4 is 17.8 Å². The van der Waals surface area contributed by atoms with Gasteiger partial charge in [0.2, 0.25) is 5.91 Å². The fraction of sp³-hybridized carbons (Fsp3) is 0.850. The summed E-state index contributed by atoms with van der Waals surface area (Å²) in [7, 11) is 0. The fourth-order valence-electron chi connectivity index (χ4n) is 4.93. The van der Waals surface area contributed by atoms with Crippen LogP contribution >= 0.6 is 0 Å². The van der Waals surface area contributed by atoms with Gasteiger partial charge in [-0.3, -0.25) is 9.59 Å². The summed E-state index contributed by atoms with van der Waals surface area (Å²) in [5.41, 5.74) is -1.07. The second-order valence-electron chi connectivity index (χ2n) is 9.28.